The zero-order chi connectivity index (χ0) is 20.7. The van der Waals surface area contributed by atoms with Crippen LogP contribution in [0.25, 0.3) is 0 Å². The average molecular weight is 488 g/mol. The molecule has 0 aliphatic heterocycles. The van der Waals surface area contributed by atoms with Crippen LogP contribution in [0.3, 0.4) is 0 Å². The molecule has 1 unspecified atom stereocenters. The number of nitrogens with one attached hydrogen (secondary N) is 1. The molecule has 0 fully saturated rings. The lowest BCUT2D eigenvalue weighted by Crippen LogP contribution is -2.47. The highest BCUT2D eigenvalue weighted by Crippen LogP contribution is 2.24. The monoisotopic (exact) mass is 486 g/mol. The number of rotatable bonds is 8. The number of benzene rings is 2. The standard InChI is InChI=1S/C20H21BrClFN2O2S/c1-13(20(27)24-2)25(10-14-6-8-15(21)9-7-14)19(26)12-28-11-16-17(22)4-3-5-18(16)23/h3-9,13H,10-12H2,1-2H3,(H,24,27). The summed E-state index contributed by atoms with van der Waals surface area (Å²) in [5, 5.41) is 2.92. The van der Waals surface area contributed by atoms with Gasteiger partial charge in [0.2, 0.25) is 11.8 Å². The Balaban J connectivity index is 2.07. The number of likely N-dealkylation sites (N-methyl/N-ethyl adjacent to an activating group) is 1. The second-order valence-electron chi connectivity index (χ2n) is 6.13. The summed E-state index contributed by atoms with van der Waals surface area (Å²) in [5.41, 5.74) is 1.29. The fourth-order valence-corrected chi connectivity index (χ4v) is 4.08. The van der Waals surface area contributed by atoms with Crippen molar-refractivity contribution in [3.63, 3.8) is 0 Å². The zero-order valence-corrected chi connectivity index (χ0v) is 18.7. The lowest BCUT2D eigenvalue weighted by Gasteiger charge is -2.28. The molecule has 4 nitrogen and oxygen atoms in total. The van der Waals surface area contributed by atoms with Crippen molar-refractivity contribution in [3.05, 3.63) is 68.9 Å². The number of amides is 2. The quantitative estimate of drug-likeness (QED) is 0.590. The molecule has 1 atom stereocenters. The Bertz CT molecular complexity index is 815. The van der Waals surface area contributed by atoms with Crippen molar-refractivity contribution in [3.8, 4) is 0 Å². The average Bonchev–Trinajstić information content (AvgIpc) is 2.68. The Morgan fingerprint density at radius 2 is 1.93 bits per heavy atom. The van der Waals surface area contributed by atoms with Gasteiger partial charge in [0, 0.05) is 34.4 Å². The number of carbonyl (C=O) groups is 2. The Labute approximate surface area is 182 Å². The van der Waals surface area contributed by atoms with E-state index in [1.165, 1.54) is 29.8 Å². The van der Waals surface area contributed by atoms with E-state index in [1.807, 2.05) is 24.3 Å². The third kappa shape index (κ3) is 6.22. The molecule has 0 heterocycles. The maximum Gasteiger partial charge on any atom is 0.242 e. The molecule has 0 aromatic heterocycles. The van der Waals surface area contributed by atoms with Gasteiger partial charge < -0.3 is 10.2 Å². The van der Waals surface area contributed by atoms with Gasteiger partial charge in [0.15, 0.2) is 0 Å². The van der Waals surface area contributed by atoms with Crippen LogP contribution in [0.2, 0.25) is 5.02 Å². The highest BCUT2D eigenvalue weighted by Gasteiger charge is 2.25. The van der Waals surface area contributed by atoms with Crippen LogP contribution < -0.4 is 5.32 Å². The minimum absolute atomic E-state index is 0.114. The predicted molar refractivity (Wildman–Crippen MR) is 116 cm³/mol. The summed E-state index contributed by atoms with van der Waals surface area (Å²) in [6.07, 6.45) is 0. The summed E-state index contributed by atoms with van der Waals surface area (Å²) in [7, 11) is 1.54. The van der Waals surface area contributed by atoms with Gasteiger partial charge in [-0.3, -0.25) is 9.59 Å². The second-order valence-corrected chi connectivity index (χ2v) is 8.44. The van der Waals surface area contributed by atoms with Crippen molar-refractivity contribution in [1.82, 2.24) is 10.2 Å². The summed E-state index contributed by atoms with van der Waals surface area (Å²) in [4.78, 5) is 26.5. The molecule has 0 aliphatic rings. The molecule has 0 saturated heterocycles. The molecule has 0 aliphatic carbocycles. The first-order chi connectivity index (χ1) is 13.3. The molecule has 28 heavy (non-hydrogen) atoms. The molecule has 0 saturated carbocycles. The summed E-state index contributed by atoms with van der Waals surface area (Å²) in [6, 6.07) is 11.4. The number of carbonyl (C=O) groups excluding carboxylic acids is 2. The van der Waals surface area contributed by atoms with Gasteiger partial charge in [-0.25, -0.2) is 4.39 Å². The van der Waals surface area contributed by atoms with Crippen molar-refractivity contribution >= 4 is 51.1 Å². The van der Waals surface area contributed by atoms with Crippen LogP contribution in [0.1, 0.15) is 18.1 Å². The van der Waals surface area contributed by atoms with Crippen LogP contribution in [-0.2, 0) is 21.9 Å². The smallest absolute Gasteiger partial charge is 0.242 e. The molecule has 8 heteroatoms. The van der Waals surface area contributed by atoms with Crippen LogP contribution >= 0.6 is 39.3 Å². The van der Waals surface area contributed by atoms with Crippen molar-refractivity contribution in [2.24, 2.45) is 0 Å². The summed E-state index contributed by atoms with van der Waals surface area (Å²) >= 11 is 10.7. The fraction of sp³-hybridized carbons (Fsp3) is 0.300. The van der Waals surface area contributed by atoms with Crippen LogP contribution in [-0.4, -0.2) is 35.6 Å². The third-order valence-corrected chi connectivity index (χ3v) is 6.04. The van der Waals surface area contributed by atoms with E-state index in [1.54, 1.807) is 19.1 Å². The number of hydrogen-bond acceptors (Lipinski definition) is 3. The number of hydrogen-bond donors (Lipinski definition) is 1. The SMILES string of the molecule is CNC(=O)C(C)N(Cc1ccc(Br)cc1)C(=O)CSCc1c(F)cccc1Cl. The van der Waals surface area contributed by atoms with Gasteiger partial charge >= 0.3 is 0 Å². The van der Waals surface area contributed by atoms with Gasteiger partial charge in [0.05, 0.1) is 5.75 Å². The largest absolute Gasteiger partial charge is 0.357 e. The van der Waals surface area contributed by atoms with E-state index < -0.39 is 11.9 Å². The Hall–Kier alpha value is -1.57. The molecule has 2 aromatic carbocycles. The second kappa shape index (κ2) is 10.8. The van der Waals surface area contributed by atoms with E-state index in [9.17, 15) is 14.0 Å². The van der Waals surface area contributed by atoms with E-state index in [0.717, 1.165) is 10.0 Å². The highest BCUT2D eigenvalue weighted by molar-refractivity contribution is 9.10. The first-order valence-corrected chi connectivity index (χ1v) is 10.9. The number of thioether (sulfide) groups is 1. The molecule has 2 amide bonds. The van der Waals surface area contributed by atoms with Gasteiger partial charge in [-0.1, -0.05) is 45.7 Å². The molecule has 2 aromatic rings. The summed E-state index contributed by atoms with van der Waals surface area (Å²) < 4.78 is 14.8. The van der Waals surface area contributed by atoms with E-state index in [4.69, 9.17) is 11.6 Å². The number of nitrogens with zero attached hydrogens (tertiary/aromatic N) is 1. The van der Waals surface area contributed by atoms with Crippen LogP contribution in [0.4, 0.5) is 4.39 Å². The molecular formula is C20H21BrClFN2O2S. The van der Waals surface area contributed by atoms with Gasteiger partial charge in [-0.15, -0.1) is 11.8 Å². The molecule has 150 valence electrons. The van der Waals surface area contributed by atoms with Gasteiger partial charge in [-0.2, -0.15) is 0 Å². The molecule has 0 spiro atoms. The van der Waals surface area contributed by atoms with Crippen molar-refractivity contribution in [2.45, 2.75) is 25.3 Å². The predicted octanol–water partition coefficient (Wildman–Crippen LogP) is 4.64. The molecule has 2 rings (SSSR count). The first kappa shape index (κ1) is 22.7. The van der Waals surface area contributed by atoms with E-state index in [0.29, 0.717) is 17.1 Å². The highest BCUT2D eigenvalue weighted by atomic mass is 79.9. The molecule has 0 radical (unpaired) electrons. The van der Waals surface area contributed by atoms with Crippen molar-refractivity contribution in [1.29, 1.82) is 0 Å². The van der Waals surface area contributed by atoms with Crippen molar-refractivity contribution < 1.29 is 14.0 Å². The normalized spacial score (nSPS) is 11.8. The Kier molecular flexibility index (Phi) is 8.79. The van der Waals surface area contributed by atoms with Crippen LogP contribution in [0.15, 0.2) is 46.9 Å². The zero-order valence-electron chi connectivity index (χ0n) is 15.5. The van der Waals surface area contributed by atoms with Crippen molar-refractivity contribution in [2.75, 3.05) is 12.8 Å². The van der Waals surface area contributed by atoms with E-state index in [2.05, 4.69) is 21.2 Å². The minimum Gasteiger partial charge on any atom is -0.357 e. The Morgan fingerprint density at radius 3 is 2.54 bits per heavy atom. The topological polar surface area (TPSA) is 49.4 Å². The van der Waals surface area contributed by atoms with Gasteiger partial charge in [0.25, 0.3) is 0 Å². The minimum atomic E-state index is -0.626. The van der Waals surface area contributed by atoms with E-state index >= 15 is 0 Å². The number of halogens is 3. The van der Waals surface area contributed by atoms with Crippen LogP contribution in [0, 0.1) is 5.82 Å². The molecular weight excluding hydrogens is 467 g/mol. The first-order valence-electron chi connectivity index (χ1n) is 8.59. The summed E-state index contributed by atoms with van der Waals surface area (Å²) in [5.74, 6) is -0.442. The molecule has 0 bridgehead atoms. The van der Waals surface area contributed by atoms with Gasteiger partial charge in [-0.05, 0) is 36.8 Å². The summed E-state index contributed by atoms with van der Waals surface area (Å²) in [6.45, 7) is 2.00. The lowest BCUT2D eigenvalue weighted by atomic mass is 10.1. The maximum absolute atomic E-state index is 13.9. The molecule has 1 N–H and O–H groups in total. The fourth-order valence-electron chi connectivity index (χ4n) is 2.57. The maximum atomic E-state index is 13.9. The van der Waals surface area contributed by atoms with Gasteiger partial charge in [0.1, 0.15) is 11.9 Å². The third-order valence-electron chi connectivity index (χ3n) is 4.21. The van der Waals surface area contributed by atoms with Crippen LogP contribution in [0.5, 0.6) is 0 Å². The van der Waals surface area contributed by atoms with E-state index in [-0.39, 0.29) is 23.3 Å². The Morgan fingerprint density at radius 1 is 1.25 bits per heavy atom. The lowest BCUT2D eigenvalue weighted by molar-refractivity contribution is -0.138.